The first kappa shape index (κ1) is 17.6. The van der Waals surface area contributed by atoms with Crippen molar-refractivity contribution in [2.24, 2.45) is 5.92 Å². The molecule has 0 saturated heterocycles. The summed E-state index contributed by atoms with van der Waals surface area (Å²) in [5.41, 5.74) is 2.49. The second-order valence-corrected chi connectivity index (χ2v) is 6.82. The van der Waals surface area contributed by atoms with E-state index in [1.165, 1.54) is 5.56 Å². The van der Waals surface area contributed by atoms with E-state index in [2.05, 4.69) is 52.0 Å². The van der Waals surface area contributed by atoms with Crippen LogP contribution in [0.5, 0.6) is 0 Å². The van der Waals surface area contributed by atoms with E-state index in [0.29, 0.717) is 6.42 Å². The van der Waals surface area contributed by atoms with Gasteiger partial charge in [0.1, 0.15) is 12.6 Å². The van der Waals surface area contributed by atoms with Crippen molar-refractivity contribution in [1.82, 2.24) is 0 Å². The summed E-state index contributed by atoms with van der Waals surface area (Å²) in [4.78, 5) is 22.4. The summed E-state index contributed by atoms with van der Waals surface area (Å²) in [7, 11) is 0. The van der Waals surface area contributed by atoms with Crippen molar-refractivity contribution in [2.75, 3.05) is 0 Å². The minimum Gasteiger partial charge on any atom is -0.303 e. The van der Waals surface area contributed by atoms with Crippen molar-refractivity contribution < 1.29 is 9.59 Å². The molecule has 0 heterocycles. The molecule has 0 aliphatic carbocycles. The quantitative estimate of drug-likeness (QED) is 0.652. The van der Waals surface area contributed by atoms with Gasteiger partial charge in [0.15, 0.2) is 0 Å². The van der Waals surface area contributed by atoms with Gasteiger partial charge < -0.3 is 9.59 Å². The van der Waals surface area contributed by atoms with Gasteiger partial charge in [-0.3, -0.25) is 0 Å². The number of carbonyl (C=O) groups is 2. The van der Waals surface area contributed by atoms with Gasteiger partial charge in [0.2, 0.25) is 0 Å². The first-order valence-corrected chi connectivity index (χ1v) is 7.93. The number of hydrogen-bond donors (Lipinski definition) is 0. The lowest BCUT2D eigenvalue weighted by molar-refractivity contribution is -0.112. The highest BCUT2D eigenvalue weighted by molar-refractivity contribution is 5.60. The summed E-state index contributed by atoms with van der Waals surface area (Å²) in [5.74, 6) is -0.0452. The third-order valence-corrected chi connectivity index (χ3v) is 4.14. The second kappa shape index (κ2) is 8.11. The van der Waals surface area contributed by atoms with Crippen molar-refractivity contribution in [3.63, 3.8) is 0 Å². The summed E-state index contributed by atoms with van der Waals surface area (Å²) in [5, 5.41) is 0. The molecule has 0 saturated carbocycles. The molecule has 0 N–H and O–H groups in total. The summed E-state index contributed by atoms with van der Waals surface area (Å²) in [6.07, 6.45) is 5.34. The first-order chi connectivity index (χ1) is 9.93. The minimum absolute atomic E-state index is 0.0144. The number of aldehydes is 2. The van der Waals surface area contributed by atoms with Gasteiger partial charge in [0.25, 0.3) is 0 Å². The Hall–Kier alpha value is -1.44. The Kier molecular flexibility index (Phi) is 6.80. The van der Waals surface area contributed by atoms with E-state index in [0.717, 1.165) is 37.4 Å². The lowest BCUT2D eigenvalue weighted by Gasteiger charge is -2.24. The van der Waals surface area contributed by atoms with Crippen LogP contribution in [0.25, 0.3) is 0 Å². The van der Waals surface area contributed by atoms with Crippen molar-refractivity contribution in [2.45, 2.75) is 64.7 Å². The maximum Gasteiger partial charge on any atom is 0.123 e. The van der Waals surface area contributed by atoms with E-state index in [1.54, 1.807) is 0 Å². The normalized spacial score (nSPS) is 14.5. The molecular weight excluding hydrogens is 260 g/mol. The Morgan fingerprint density at radius 2 is 1.71 bits per heavy atom. The molecular formula is C19H28O2. The molecule has 21 heavy (non-hydrogen) atoms. The Morgan fingerprint density at radius 3 is 2.14 bits per heavy atom. The average molecular weight is 288 g/mol. The van der Waals surface area contributed by atoms with E-state index in [9.17, 15) is 9.59 Å². The fraction of sp³-hybridized carbons (Fsp3) is 0.579. The van der Waals surface area contributed by atoms with Gasteiger partial charge in [0.05, 0.1) is 0 Å². The van der Waals surface area contributed by atoms with Crippen molar-refractivity contribution in [1.29, 1.82) is 0 Å². The van der Waals surface area contributed by atoms with Crippen LogP contribution in [0.15, 0.2) is 24.3 Å². The fourth-order valence-electron chi connectivity index (χ4n) is 2.70. The molecule has 2 heteroatoms. The Morgan fingerprint density at radius 1 is 1.10 bits per heavy atom. The summed E-state index contributed by atoms with van der Waals surface area (Å²) >= 11 is 0. The van der Waals surface area contributed by atoms with Crippen LogP contribution in [0.2, 0.25) is 0 Å². The van der Waals surface area contributed by atoms with Crippen molar-refractivity contribution >= 4 is 12.6 Å². The fourth-order valence-corrected chi connectivity index (χ4v) is 2.70. The Balaban J connectivity index is 2.98. The van der Waals surface area contributed by atoms with E-state index in [-0.39, 0.29) is 17.3 Å². The highest BCUT2D eigenvalue weighted by Gasteiger charge is 2.23. The molecule has 1 rings (SSSR count). The van der Waals surface area contributed by atoms with Crippen LogP contribution in [0.3, 0.4) is 0 Å². The number of unbranched alkanes of at least 4 members (excludes halogenated alkanes) is 1. The molecule has 1 aromatic carbocycles. The van der Waals surface area contributed by atoms with Gasteiger partial charge in [-0.2, -0.15) is 0 Å². The molecule has 0 aliphatic rings. The molecule has 0 aliphatic heterocycles. The van der Waals surface area contributed by atoms with Crippen LogP contribution < -0.4 is 0 Å². The highest BCUT2D eigenvalue weighted by Crippen LogP contribution is 2.31. The predicted molar refractivity (Wildman–Crippen MR) is 87.6 cm³/mol. The number of rotatable bonds is 8. The van der Waals surface area contributed by atoms with Gasteiger partial charge in [-0.1, -0.05) is 64.8 Å². The SMILES string of the molecule is CCCCC(C=O)C(CC=O)c1ccc(C(C)(C)C)cc1. The smallest absolute Gasteiger partial charge is 0.123 e. The van der Waals surface area contributed by atoms with Crippen molar-refractivity contribution in [3.8, 4) is 0 Å². The van der Waals surface area contributed by atoms with Crippen LogP contribution in [0.1, 0.15) is 70.4 Å². The second-order valence-electron chi connectivity index (χ2n) is 6.82. The zero-order valence-electron chi connectivity index (χ0n) is 13.8. The van der Waals surface area contributed by atoms with Crippen LogP contribution in [-0.2, 0) is 15.0 Å². The molecule has 0 aromatic heterocycles. The predicted octanol–water partition coefficient (Wildman–Crippen LogP) is 4.66. The van der Waals surface area contributed by atoms with E-state index < -0.39 is 0 Å². The number of carbonyl (C=O) groups excluding carboxylic acids is 2. The van der Waals surface area contributed by atoms with Gasteiger partial charge >= 0.3 is 0 Å². The molecule has 116 valence electrons. The molecule has 2 unspecified atom stereocenters. The Bertz CT molecular complexity index is 440. The maximum absolute atomic E-state index is 11.4. The summed E-state index contributed by atoms with van der Waals surface area (Å²) < 4.78 is 0. The summed E-state index contributed by atoms with van der Waals surface area (Å²) in [6.45, 7) is 8.66. The topological polar surface area (TPSA) is 34.1 Å². The zero-order valence-corrected chi connectivity index (χ0v) is 13.8. The third kappa shape index (κ3) is 5.11. The van der Waals surface area contributed by atoms with Crippen LogP contribution in [0, 0.1) is 5.92 Å². The minimum atomic E-state index is -0.0596. The Labute approximate surface area is 128 Å². The molecule has 1 aromatic rings. The number of hydrogen-bond acceptors (Lipinski definition) is 2. The number of benzene rings is 1. The molecule has 2 atom stereocenters. The third-order valence-electron chi connectivity index (χ3n) is 4.14. The lowest BCUT2D eigenvalue weighted by Crippen LogP contribution is -2.16. The van der Waals surface area contributed by atoms with E-state index >= 15 is 0 Å². The standard InChI is InChI=1S/C19H28O2/c1-5-6-7-16(14-21)18(12-13-20)15-8-10-17(11-9-15)19(2,3)4/h8-11,13-14,16,18H,5-7,12H2,1-4H3. The zero-order chi connectivity index (χ0) is 15.9. The van der Waals surface area contributed by atoms with E-state index in [4.69, 9.17) is 0 Å². The highest BCUT2D eigenvalue weighted by atomic mass is 16.1. The molecule has 0 fully saturated rings. The molecule has 2 nitrogen and oxygen atoms in total. The molecule has 0 spiro atoms. The van der Waals surface area contributed by atoms with Gasteiger partial charge in [0, 0.05) is 12.3 Å². The van der Waals surface area contributed by atoms with Crippen molar-refractivity contribution in [3.05, 3.63) is 35.4 Å². The van der Waals surface area contributed by atoms with Crippen LogP contribution >= 0.6 is 0 Å². The van der Waals surface area contributed by atoms with Gasteiger partial charge in [-0.25, -0.2) is 0 Å². The first-order valence-electron chi connectivity index (χ1n) is 7.93. The molecule has 0 amide bonds. The van der Waals surface area contributed by atoms with Crippen LogP contribution in [0.4, 0.5) is 0 Å². The van der Waals surface area contributed by atoms with Gasteiger partial charge in [-0.05, 0) is 28.9 Å². The van der Waals surface area contributed by atoms with E-state index in [1.807, 2.05) is 0 Å². The lowest BCUT2D eigenvalue weighted by atomic mass is 9.80. The molecule has 0 radical (unpaired) electrons. The average Bonchev–Trinajstić information content (AvgIpc) is 2.46. The molecule has 0 bridgehead atoms. The van der Waals surface area contributed by atoms with Crippen LogP contribution in [-0.4, -0.2) is 12.6 Å². The maximum atomic E-state index is 11.4. The van der Waals surface area contributed by atoms with Gasteiger partial charge in [-0.15, -0.1) is 0 Å². The summed E-state index contributed by atoms with van der Waals surface area (Å²) in [6, 6.07) is 8.40. The monoisotopic (exact) mass is 288 g/mol. The largest absolute Gasteiger partial charge is 0.303 e.